The summed E-state index contributed by atoms with van der Waals surface area (Å²) in [5, 5.41) is 21.1. The minimum absolute atomic E-state index is 0.0288. The molecule has 0 radical (unpaired) electrons. The molecular formula is C52H70O9. The number of hydrogen-bond donors (Lipinski definition) is 2. The second-order valence-corrected chi connectivity index (χ2v) is 17.4. The summed E-state index contributed by atoms with van der Waals surface area (Å²) in [5.41, 5.74) is 5.54. The second-order valence-electron chi connectivity index (χ2n) is 17.4. The predicted molar refractivity (Wildman–Crippen MR) is 240 cm³/mol. The molecule has 61 heavy (non-hydrogen) atoms. The maximum absolute atomic E-state index is 11.4. The van der Waals surface area contributed by atoms with Crippen molar-refractivity contribution < 1.29 is 43.4 Å². The van der Waals surface area contributed by atoms with E-state index < -0.39 is 17.8 Å². The van der Waals surface area contributed by atoms with E-state index in [-0.39, 0.29) is 61.4 Å². The quantitative estimate of drug-likeness (QED) is 0.0497. The van der Waals surface area contributed by atoms with Crippen LogP contribution in [0.1, 0.15) is 128 Å². The Labute approximate surface area is 364 Å². The van der Waals surface area contributed by atoms with Gasteiger partial charge in [0.25, 0.3) is 0 Å². The summed E-state index contributed by atoms with van der Waals surface area (Å²) in [5.74, 6) is 0.975. The van der Waals surface area contributed by atoms with Gasteiger partial charge in [-0.15, -0.1) is 0 Å². The van der Waals surface area contributed by atoms with Crippen LogP contribution in [0.25, 0.3) is 0 Å². The van der Waals surface area contributed by atoms with E-state index in [1.54, 1.807) is 6.92 Å². The highest BCUT2D eigenvalue weighted by molar-refractivity contribution is 5.68. The maximum Gasteiger partial charge on any atom is 0.305 e. The highest BCUT2D eigenvalue weighted by Gasteiger charge is 2.35. The van der Waals surface area contributed by atoms with Crippen LogP contribution in [-0.4, -0.2) is 74.1 Å². The van der Waals surface area contributed by atoms with Crippen LogP contribution in [0.5, 0.6) is 11.5 Å². The molecule has 9 heteroatoms. The minimum atomic E-state index is -0.899. The highest BCUT2D eigenvalue weighted by atomic mass is 16.6. The Hall–Kier alpha value is -4.25. The summed E-state index contributed by atoms with van der Waals surface area (Å²) in [7, 11) is 0. The molecule has 2 N–H and O–H groups in total. The first-order chi connectivity index (χ1) is 29.1. The standard InChI is InChI=1S/C52H70O9/c1-10-48(55)59-33-43(53)31-56-45-27-23-39(24-28-45)49(6,7)37-15-19-41(20-16-37)51(11-2,12-3)60-34-44(54)32-57-46-29-25-40(26-30-46)50(8,9)38-17-21-42(22-18-38)52(13-4,14-5)61-36-47-35-58-47/h15-30,43-44,47,53-54H,10-14,31-36H2,1-9H3. The van der Waals surface area contributed by atoms with E-state index >= 15 is 0 Å². The van der Waals surface area contributed by atoms with E-state index in [2.05, 4.69) is 116 Å². The Balaban J connectivity index is 1.13. The Morgan fingerprint density at radius 1 is 0.557 bits per heavy atom. The molecule has 0 saturated carbocycles. The monoisotopic (exact) mass is 839 g/mol. The number of ether oxygens (including phenoxy) is 6. The molecule has 0 aliphatic carbocycles. The lowest BCUT2D eigenvalue weighted by atomic mass is 9.77. The molecule has 5 rings (SSSR count). The Morgan fingerprint density at radius 2 is 0.902 bits per heavy atom. The third kappa shape index (κ3) is 12.0. The second kappa shape index (κ2) is 21.2. The van der Waals surface area contributed by atoms with Gasteiger partial charge in [0, 0.05) is 17.3 Å². The van der Waals surface area contributed by atoms with Gasteiger partial charge in [0.1, 0.15) is 49.6 Å². The van der Waals surface area contributed by atoms with Crippen molar-refractivity contribution >= 4 is 5.97 Å². The number of carbonyl (C=O) groups excluding carboxylic acids is 1. The molecule has 1 heterocycles. The van der Waals surface area contributed by atoms with E-state index in [4.69, 9.17) is 28.4 Å². The number of aliphatic hydroxyl groups excluding tert-OH is 2. The van der Waals surface area contributed by atoms with E-state index in [1.807, 2.05) is 36.4 Å². The Morgan fingerprint density at radius 3 is 1.26 bits per heavy atom. The summed E-state index contributed by atoms with van der Waals surface area (Å²) in [6.07, 6.45) is 2.10. The van der Waals surface area contributed by atoms with Crippen molar-refractivity contribution in [2.75, 3.05) is 39.6 Å². The van der Waals surface area contributed by atoms with Crippen molar-refractivity contribution in [3.05, 3.63) is 130 Å². The molecule has 3 unspecified atom stereocenters. The molecule has 0 bridgehead atoms. The Bertz CT molecular complexity index is 1920. The fourth-order valence-electron chi connectivity index (χ4n) is 7.99. The average molecular weight is 839 g/mol. The SMILES string of the molecule is CCC(=O)OCC(O)COc1ccc(C(C)(C)c2ccc(C(CC)(CC)OCC(O)COc3ccc(C(C)(C)c4ccc(C(CC)(CC)OCC5CO5)cc4)cc3)cc2)cc1. The molecule has 1 aliphatic heterocycles. The molecule has 9 nitrogen and oxygen atoms in total. The molecule has 1 aliphatic rings. The third-order valence-electron chi connectivity index (χ3n) is 12.8. The zero-order valence-electron chi connectivity index (χ0n) is 38.0. The first-order valence-electron chi connectivity index (χ1n) is 22.2. The van der Waals surface area contributed by atoms with Gasteiger partial charge < -0.3 is 38.6 Å². The van der Waals surface area contributed by atoms with Crippen molar-refractivity contribution in [1.82, 2.24) is 0 Å². The van der Waals surface area contributed by atoms with E-state index in [1.165, 1.54) is 16.7 Å². The number of aliphatic hydroxyl groups is 2. The lowest BCUT2D eigenvalue weighted by Gasteiger charge is -2.34. The molecule has 4 aromatic rings. The van der Waals surface area contributed by atoms with Crippen LogP contribution < -0.4 is 9.47 Å². The van der Waals surface area contributed by atoms with Crippen molar-refractivity contribution in [2.45, 2.75) is 135 Å². The van der Waals surface area contributed by atoms with Gasteiger partial charge in [-0.3, -0.25) is 4.79 Å². The van der Waals surface area contributed by atoms with Gasteiger partial charge in [0.05, 0.1) is 31.0 Å². The van der Waals surface area contributed by atoms with Gasteiger partial charge in [-0.25, -0.2) is 0 Å². The van der Waals surface area contributed by atoms with Gasteiger partial charge in [0.15, 0.2) is 0 Å². The van der Waals surface area contributed by atoms with Crippen molar-refractivity contribution in [3.8, 4) is 11.5 Å². The minimum Gasteiger partial charge on any atom is -0.491 e. The first-order valence-corrected chi connectivity index (χ1v) is 22.2. The van der Waals surface area contributed by atoms with Gasteiger partial charge in [-0.2, -0.15) is 0 Å². The van der Waals surface area contributed by atoms with Crippen LogP contribution in [0.3, 0.4) is 0 Å². The number of esters is 1. The fourth-order valence-corrected chi connectivity index (χ4v) is 7.99. The fraction of sp³-hybridized carbons (Fsp3) is 0.519. The molecule has 0 aromatic heterocycles. The molecule has 3 atom stereocenters. The molecular weight excluding hydrogens is 769 g/mol. The van der Waals surface area contributed by atoms with Crippen LogP contribution in [0.2, 0.25) is 0 Å². The van der Waals surface area contributed by atoms with Crippen LogP contribution in [0.15, 0.2) is 97.1 Å². The maximum atomic E-state index is 11.4. The van der Waals surface area contributed by atoms with Crippen LogP contribution in [0, 0.1) is 0 Å². The molecule has 332 valence electrons. The van der Waals surface area contributed by atoms with E-state index in [0.717, 1.165) is 49.0 Å². The van der Waals surface area contributed by atoms with Gasteiger partial charge in [-0.05, 0) is 83.3 Å². The summed E-state index contributed by atoms with van der Waals surface area (Å²) < 4.78 is 35.2. The van der Waals surface area contributed by atoms with Crippen LogP contribution in [-0.2, 0) is 45.8 Å². The lowest BCUT2D eigenvalue weighted by molar-refractivity contribution is -0.146. The largest absolute Gasteiger partial charge is 0.491 e. The number of epoxide rings is 1. The third-order valence-corrected chi connectivity index (χ3v) is 12.8. The highest BCUT2D eigenvalue weighted by Crippen LogP contribution is 2.39. The van der Waals surface area contributed by atoms with Crippen molar-refractivity contribution in [3.63, 3.8) is 0 Å². The average Bonchev–Trinajstić information content (AvgIpc) is 4.13. The number of rotatable bonds is 25. The lowest BCUT2D eigenvalue weighted by Crippen LogP contribution is -2.34. The Kier molecular flexibility index (Phi) is 16.6. The molecule has 1 fully saturated rings. The van der Waals surface area contributed by atoms with Crippen LogP contribution >= 0.6 is 0 Å². The summed E-state index contributed by atoms with van der Waals surface area (Å²) in [6, 6.07) is 33.5. The number of carbonyl (C=O) groups is 1. The molecule has 0 spiro atoms. The first kappa shape index (κ1) is 47.8. The molecule has 4 aromatic carbocycles. The van der Waals surface area contributed by atoms with Gasteiger partial charge >= 0.3 is 5.97 Å². The van der Waals surface area contributed by atoms with Crippen LogP contribution in [0.4, 0.5) is 0 Å². The predicted octanol–water partition coefficient (Wildman–Crippen LogP) is 9.93. The molecule has 1 saturated heterocycles. The van der Waals surface area contributed by atoms with Crippen molar-refractivity contribution in [1.29, 1.82) is 0 Å². The van der Waals surface area contributed by atoms with Crippen molar-refractivity contribution in [2.24, 2.45) is 0 Å². The normalized spacial score (nSPS) is 15.6. The topological polar surface area (TPSA) is 116 Å². The summed E-state index contributed by atoms with van der Waals surface area (Å²) in [4.78, 5) is 11.4. The number of hydrogen-bond acceptors (Lipinski definition) is 9. The smallest absolute Gasteiger partial charge is 0.305 e. The van der Waals surface area contributed by atoms with E-state index in [0.29, 0.717) is 18.1 Å². The zero-order valence-corrected chi connectivity index (χ0v) is 38.0. The summed E-state index contributed by atoms with van der Waals surface area (Å²) in [6.45, 7) is 20.8. The van der Waals surface area contributed by atoms with Gasteiger partial charge in [0.2, 0.25) is 0 Å². The zero-order chi connectivity index (χ0) is 44.3. The van der Waals surface area contributed by atoms with Gasteiger partial charge in [-0.1, -0.05) is 135 Å². The number of benzene rings is 4. The molecule has 0 amide bonds. The van der Waals surface area contributed by atoms with E-state index in [9.17, 15) is 15.0 Å². The summed E-state index contributed by atoms with van der Waals surface area (Å²) >= 11 is 0.